The van der Waals surface area contributed by atoms with Gasteiger partial charge in [0, 0.05) is 68.5 Å². The highest BCUT2D eigenvalue weighted by Gasteiger charge is 2.21. The molecule has 8 heteroatoms. The van der Waals surface area contributed by atoms with E-state index in [0.717, 1.165) is 37.4 Å². The Balaban J connectivity index is 1.49. The number of hydrogen-bond acceptors (Lipinski definition) is 6. The number of piperazine rings is 1. The zero-order valence-electron chi connectivity index (χ0n) is 19.2. The molecule has 0 bridgehead atoms. The average molecular weight is 471 g/mol. The molecule has 2 aromatic heterocycles. The summed E-state index contributed by atoms with van der Waals surface area (Å²) in [4.78, 5) is 33.0. The van der Waals surface area contributed by atoms with Gasteiger partial charge in [0.1, 0.15) is 11.4 Å². The Bertz CT molecular complexity index is 1380. The minimum absolute atomic E-state index is 0.0357. The van der Waals surface area contributed by atoms with Gasteiger partial charge in [-0.05, 0) is 29.8 Å². The number of hydrogen-bond donors (Lipinski definition) is 1. The van der Waals surface area contributed by atoms with Gasteiger partial charge in [-0.1, -0.05) is 30.3 Å². The number of rotatable bonds is 7. The summed E-state index contributed by atoms with van der Waals surface area (Å²) in [5.41, 5.74) is 3.57. The molecular weight excluding hydrogens is 444 g/mol. The Morgan fingerprint density at radius 3 is 2.37 bits per heavy atom. The second-order valence-electron chi connectivity index (χ2n) is 8.50. The smallest absolute Gasteiger partial charge is 0.341 e. The van der Waals surface area contributed by atoms with Crippen LogP contribution in [0.15, 0.2) is 84.0 Å². The van der Waals surface area contributed by atoms with Gasteiger partial charge in [-0.2, -0.15) is 0 Å². The third-order valence-electron chi connectivity index (χ3n) is 6.24. The number of nitrogens with zero attached hydrogens (tertiary/aromatic N) is 4. The average Bonchev–Trinajstić information content (AvgIpc) is 2.90. The summed E-state index contributed by atoms with van der Waals surface area (Å²) in [6.45, 7) is 3.21. The molecule has 8 nitrogen and oxygen atoms in total. The molecular formula is C27H26N4O4. The summed E-state index contributed by atoms with van der Waals surface area (Å²) in [5.74, 6) is -0.632. The van der Waals surface area contributed by atoms with E-state index in [1.165, 1.54) is 0 Å². The van der Waals surface area contributed by atoms with E-state index in [2.05, 4.69) is 14.8 Å². The highest BCUT2D eigenvalue weighted by atomic mass is 16.5. The molecule has 1 saturated heterocycles. The molecule has 2 aromatic carbocycles. The third-order valence-corrected chi connectivity index (χ3v) is 6.24. The Morgan fingerprint density at radius 1 is 0.943 bits per heavy atom. The molecule has 0 amide bonds. The van der Waals surface area contributed by atoms with Crippen molar-refractivity contribution in [1.29, 1.82) is 0 Å². The van der Waals surface area contributed by atoms with Crippen LogP contribution >= 0.6 is 0 Å². The maximum Gasteiger partial charge on any atom is 0.341 e. The number of anilines is 2. The van der Waals surface area contributed by atoms with Crippen molar-refractivity contribution in [3.63, 3.8) is 0 Å². The van der Waals surface area contributed by atoms with Gasteiger partial charge >= 0.3 is 5.97 Å². The van der Waals surface area contributed by atoms with E-state index >= 15 is 0 Å². The number of carboxylic acids is 1. The van der Waals surface area contributed by atoms with Crippen LogP contribution in [0.3, 0.4) is 0 Å². The molecule has 5 rings (SSSR count). The first-order chi connectivity index (χ1) is 17.1. The summed E-state index contributed by atoms with van der Waals surface area (Å²) >= 11 is 0. The number of benzene rings is 2. The Morgan fingerprint density at radius 2 is 1.66 bits per heavy atom. The fourth-order valence-corrected chi connectivity index (χ4v) is 4.49. The molecule has 1 aliphatic rings. The number of pyridine rings is 2. The van der Waals surface area contributed by atoms with Crippen LogP contribution in [0.4, 0.5) is 11.4 Å². The van der Waals surface area contributed by atoms with E-state index in [-0.39, 0.29) is 5.43 Å². The van der Waals surface area contributed by atoms with Gasteiger partial charge in [-0.3, -0.25) is 9.78 Å². The highest BCUT2D eigenvalue weighted by Crippen LogP contribution is 2.25. The van der Waals surface area contributed by atoms with E-state index in [0.29, 0.717) is 28.9 Å². The molecule has 0 unspecified atom stereocenters. The molecule has 1 fully saturated rings. The first-order valence-corrected chi connectivity index (χ1v) is 11.5. The standard InChI is InChI=1S/C27H26N4O4/c32-26(33)19-35-22-6-7-23-24(16-22)31(17-20-4-2-1-3-5-20)18-25(27(23)34)30-14-12-29(13-15-30)21-8-10-28-11-9-21/h1-11,16,18H,12-15,17,19H2,(H,32,33). The van der Waals surface area contributed by atoms with Gasteiger partial charge in [0.2, 0.25) is 5.43 Å². The summed E-state index contributed by atoms with van der Waals surface area (Å²) in [5, 5.41) is 9.54. The molecule has 1 N–H and O–H groups in total. The minimum atomic E-state index is -1.05. The number of fused-ring (bicyclic) bond motifs is 1. The van der Waals surface area contributed by atoms with Crippen LogP contribution in [-0.4, -0.2) is 53.4 Å². The fraction of sp³-hybridized carbons (Fsp3) is 0.222. The van der Waals surface area contributed by atoms with Crippen LogP contribution in [0.25, 0.3) is 10.9 Å². The SMILES string of the molecule is O=C(O)COc1ccc2c(=O)c(N3CCN(c4ccncc4)CC3)cn(Cc3ccccc3)c2c1. The lowest BCUT2D eigenvalue weighted by molar-refractivity contribution is -0.139. The van der Waals surface area contributed by atoms with Crippen LogP contribution < -0.4 is 20.0 Å². The van der Waals surface area contributed by atoms with Gasteiger partial charge in [0.05, 0.1) is 5.52 Å². The molecule has 0 aliphatic carbocycles. The fourth-order valence-electron chi connectivity index (χ4n) is 4.49. The largest absolute Gasteiger partial charge is 0.482 e. The molecule has 0 spiro atoms. The lowest BCUT2D eigenvalue weighted by Crippen LogP contribution is -2.48. The highest BCUT2D eigenvalue weighted by molar-refractivity contribution is 5.84. The first-order valence-electron chi connectivity index (χ1n) is 11.5. The van der Waals surface area contributed by atoms with E-state index in [4.69, 9.17) is 9.84 Å². The maximum absolute atomic E-state index is 13.5. The molecule has 178 valence electrons. The van der Waals surface area contributed by atoms with E-state index in [1.807, 2.05) is 53.2 Å². The van der Waals surface area contributed by atoms with E-state index in [9.17, 15) is 9.59 Å². The zero-order valence-corrected chi connectivity index (χ0v) is 19.2. The summed E-state index contributed by atoms with van der Waals surface area (Å²) < 4.78 is 7.43. The van der Waals surface area contributed by atoms with Crippen LogP contribution in [-0.2, 0) is 11.3 Å². The van der Waals surface area contributed by atoms with Gasteiger partial charge in [-0.25, -0.2) is 4.79 Å². The van der Waals surface area contributed by atoms with Crippen LogP contribution in [0.5, 0.6) is 5.75 Å². The summed E-state index contributed by atoms with van der Waals surface area (Å²) in [6.07, 6.45) is 5.50. The lowest BCUT2D eigenvalue weighted by Gasteiger charge is -2.37. The van der Waals surface area contributed by atoms with Crippen molar-refractivity contribution in [1.82, 2.24) is 9.55 Å². The summed E-state index contributed by atoms with van der Waals surface area (Å²) in [7, 11) is 0. The molecule has 35 heavy (non-hydrogen) atoms. The monoisotopic (exact) mass is 470 g/mol. The Hall–Kier alpha value is -4.33. The second-order valence-corrected chi connectivity index (χ2v) is 8.50. The van der Waals surface area contributed by atoms with Gasteiger partial charge < -0.3 is 24.2 Å². The molecule has 4 aromatic rings. The number of aliphatic carboxylic acids is 1. The number of carbonyl (C=O) groups is 1. The molecule has 3 heterocycles. The maximum atomic E-state index is 13.5. The van der Waals surface area contributed by atoms with Crippen molar-refractivity contribution < 1.29 is 14.6 Å². The van der Waals surface area contributed by atoms with Gasteiger partial charge in [-0.15, -0.1) is 0 Å². The Labute approximate surface area is 202 Å². The molecule has 0 atom stereocenters. The molecule has 1 aliphatic heterocycles. The third kappa shape index (κ3) is 4.96. The van der Waals surface area contributed by atoms with Crippen molar-refractivity contribution in [2.75, 3.05) is 42.6 Å². The van der Waals surface area contributed by atoms with Crippen LogP contribution in [0, 0.1) is 0 Å². The van der Waals surface area contributed by atoms with Crippen molar-refractivity contribution in [3.8, 4) is 5.75 Å². The quantitative estimate of drug-likeness (QED) is 0.444. The van der Waals surface area contributed by atoms with Crippen molar-refractivity contribution in [3.05, 3.63) is 95.0 Å². The zero-order chi connectivity index (χ0) is 24.2. The molecule has 0 radical (unpaired) electrons. The second kappa shape index (κ2) is 9.89. The van der Waals surface area contributed by atoms with Crippen LogP contribution in [0.1, 0.15) is 5.56 Å². The minimum Gasteiger partial charge on any atom is -0.482 e. The van der Waals surface area contributed by atoms with Gasteiger partial charge in [0.25, 0.3) is 0 Å². The van der Waals surface area contributed by atoms with Crippen molar-refractivity contribution in [2.24, 2.45) is 0 Å². The predicted molar refractivity (Wildman–Crippen MR) is 136 cm³/mol. The molecule has 0 saturated carbocycles. The van der Waals surface area contributed by atoms with Crippen LogP contribution in [0.2, 0.25) is 0 Å². The number of carboxylic acid groups (broad SMARTS) is 1. The Kier molecular flexibility index (Phi) is 6.34. The van der Waals surface area contributed by atoms with Crippen molar-refractivity contribution >= 4 is 28.2 Å². The van der Waals surface area contributed by atoms with Crippen molar-refractivity contribution in [2.45, 2.75) is 6.54 Å². The van der Waals surface area contributed by atoms with Gasteiger partial charge in [0.15, 0.2) is 6.61 Å². The topological polar surface area (TPSA) is 87.9 Å². The van der Waals surface area contributed by atoms with E-state index in [1.54, 1.807) is 30.6 Å². The normalized spacial score (nSPS) is 13.7. The first kappa shape index (κ1) is 22.5. The predicted octanol–water partition coefficient (Wildman–Crippen LogP) is 3.23. The number of aromatic nitrogens is 2. The van der Waals surface area contributed by atoms with E-state index < -0.39 is 12.6 Å². The number of ether oxygens (including phenoxy) is 1. The lowest BCUT2D eigenvalue weighted by atomic mass is 10.1. The summed E-state index contributed by atoms with van der Waals surface area (Å²) in [6, 6.07) is 19.2.